The van der Waals surface area contributed by atoms with E-state index < -0.39 is 24.4 Å². The Hall–Kier alpha value is -8.10. The Balaban J connectivity index is 0.906. The zero-order valence-electron chi connectivity index (χ0n) is 36.5. The zero-order valence-corrected chi connectivity index (χ0v) is 36.5. The van der Waals surface area contributed by atoms with Gasteiger partial charge in [-0.15, -0.1) is 0 Å². The van der Waals surface area contributed by atoms with Crippen LogP contribution >= 0.6 is 0 Å². The van der Waals surface area contributed by atoms with Gasteiger partial charge in [-0.2, -0.15) is 0 Å². The maximum absolute atomic E-state index is 12.4. The van der Waals surface area contributed by atoms with Gasteiger partial charge >= 0.3 is 0 Å². The van der Waals surface area contributed by atoms with Crippen molar-refractivity contribution in [3.05, 3.63) is 239 Å². The summed E-state index contributed by atoms with van der Waals surface area (Å²) in [7, 11) is 0. The maximum Gasteiger partial charge on any atom is 0.115 e. The predicted molar refractivity (Wildman–Crippen MR) is 274 cm³/mol. The summed E-state index contributed by atoms with van der Waals surface area (Å²) in [5.41, 5.74) is 5.67. The average molecular weight is 883 g/mol. The van der Waals surface area contributed by atoms with Crippen molar-refractivity contribution in [2.45, 2.75) is 24.4 Å². The van der Waals surface area contributed by atoms with Crippen molar-refractivity contribution in [3.8, 4) is 11.5 Å². The number of hydrogen-bond acceptors (Lipinski definition) is 6. The highest BCUT2D eigenvalue weighted by molar-refractivity contribution is 6.34. The lowest BCUT2D eigenvalue weighted by atomic mass is 9.84. The quantitative estimate of drug-likeness (QED) is 0.0668. The van der Waals surface area contributed by atoms with Gasteiger partial charge in [0.05, 0.1) is 0 Å². The van der Waals surface area contributed by atoms with Crippen molar-refractivity contribution in [1.29, 1.82) is 0 Å². The summed E-state index contributed by atoms with van der Waals surface area (Å²) in [5, 5.41) is 84.3. The van der Waals surface area contributed by atoms with Crippen LogP contribution in [0.25, 0.3) is 86.2 Å². The Morgan fingerprint density at radius 1 is 0.235 bits per heavy atom. The molecule has 6 nitrogen and oxygen atoms in total. The van der Waals surface area contributed by atoms with Gasteiger partial charge in [-0.3, -0.25) is 0 Å². The van der Waals surface area contributed by atoms with Crippen LogP contribution in [0.4, 0.5) is 0 Å². The molecule has 0 fully saturated rings. The van der Waals surface area contributed by atoms with E-state index in [-0.39, 0.29) is 11.5 Å². The normalized spacial score (nSPS) is 14.1. The van der Waals surface area contributed by atoms with Crippen molar-refractivity contribution in [1.82, 2.24) is 0 Å². The lowest BCUT2D eigenvalue weighted by Gasteiger charge is -2.22. The fourth-order valence-corrected chi connectivity index (χ4v) is 11.3. The molecule has 0 aliphatic carbocycles. The lowest BCUT2D eigenvalue weighted by Crippen LogP contribution is -2.05. The van der Waals surface area contributed by atoms with Crippen LogP contribution in [0.3, 0.4) is 0 Å². The molecule has 0 radical (unpaired) electrons. The van der Waals surface area contributed by atoms with E-state index in [1.54, 1.807) is 48.5 Å². The van der Waals surface area contributed by atoms with E-state index in [1.165, 1.54) is 0 Å². The first-order chi connectivity index (χ1) is 33.2. The predicted octanol–water partition coefficient (Wildman–Crippen LogP) is 13.5. The fourth-order valence-electron chi connectivity index (χ4n) is 11.3. The Morgan fingerprint density at radius 2 is 0.588 bits per heavy atom. The highest BCUT2D eigenvalue weighted by atomic mass is 16.3. The molecule has 13 aromatic carbocycles. The number of benzene rings is 13. The first-order valence-electron chi connectivity index (χ1n) is 22.9. The van der Waals surface area contributed by atoms with Crippen LogP contribution < -0.4 is 0 Å². The Morgan fingerprint density at radius 3 is 1.01 bits per heavy atom. The first-order valence-corrected chi connectivity index (χ1v) is 22.9. The van der Waals surface area contributed by atoms with Crippen LogP contribution in [0.1, 0.15) is 68.9 Å². The molecule has 13 aromatic rings. The molecule has 6 heteroatoms. The SMILES string of the molecule is Oc1ccc(C(O)c2cc3cccc4c5ccc(C(O)c6cccc(C(O)c7ccc8c9cccc%10cc(C(O)c%11ccc(O)cc%11)cc(c%11cccc7c8%11)c%109)c6)c6cccc(c(c2)c34)c65)cc1. The Kier molecular flexibility index (Phi) is 9.00. The molecule has 0 heterocycles. The van der Waals surface area contributed by atoms with E-state index in [9.17, 15) is 30.6 Å². The molecule has 0 saturated heterocycles. The molecule has 0 saturated carbocycles. The van der Waals surface area contributed by atoms with E-state index >= 15 is 0 Å². The van der Waals surface area contributed by atoms with Crippen molar-refractivity contribution in [2.24, 2.45) is 0 Å². The maximum atomic E-state index is 12.4. The van der Waals surface area contributed by atoms with Gasteiger partial charge in [-0.25, -0.2) is 0 Å². The Labute approximate surface area is 389 Å². The molecule has 0 amide bonds. The molecule has 68 heavy (non-hydrogen) atoms. The largest absolute Gasteiger partial charge is 0.508 e. The Bertz CT molecular complexity index is 3860. The van der Waals surface area contributed by atoms with Gasteiger partial charge in [0.25, 0.3) is 0 Å². The van der Waals surface area contributed by atoms with Gasteiger partial charge in [0, 0.05) is 0 Å². The average Bonchev–Trinajstić information content (AvgIpc) is 3.38. The number of rotatable bonds is 8. The summed E-state index contributed by atoms with van der Waals surface area (Å²) in [6.07, 6.45) is -3.82. The number of phenolic OH excluding ortho intramolecular Hbond substituents is 2. The standard InChI is InChI=1S/C62H42O6/c63-41-20-16-33(17-21-41)59(65)39-28-35-6-2-10-43-49-24-26-51(45-12-4-14-47(57(45)49)53(31-39)55(35)43)61(67)37-8-1-9-38(30-37)62(68)52-27-25-50-44-11-3-7-36-29-40(60(66)34-18-22-42(64)23-19-34)32-54(56(36)44)48-15-5-13-46(52)58(48)50/h1-32,59-68H. The number of aliphatic hydroxyl groups is 4. The highest BCUT2D eigenvalue weighted by Gasteiger charge is 2.24. The van der Waals surface area contributed by atoms with Gasteiger partial charge in [-0.05, 0) is 185 Å². The molecule has 4 atom stereocenters. The third kappa shape index (κ3) is 6.06. The first kappa shape index (κ1) is 40.2. The molecule has 0 aromatic heterocycles. The van der Waals surface area contributed by atoms with E-state index in [0.29, 0.717) is 22.3 Å². The van der Waals surface area contributed by atoms with E-state index in [0.717, 1.165) is 108 Å². The fraction of sp³-hybridized carbons (Fsp3) is 0.0645. The number of hydrogen-bond donors (Lipinski definition) is 6. The second-order valence-electron chi connectivity index (χ2n) is 18.3. The topological polar surface area (TPSA) is 121 Å². The van der Waals surface area contributed by atoms with Crippen molar-refractivity contribution >= 4 is 86.2 Å². The smallest absolute Gasteiger partial charge is 0.115 e. The molecule has 6 N–H and O–H groups in total. The number of aromatic hydroxyl groups is 2. The molecule has 0 bridgehead atoms. The minimum atomic E-state index is -1.01. The monoisotopic (exact) mass is 882 g/mol. The zero-order chi connectivity index (χ0) is 45.9. The van der Waals surface area contributed by atoms with Gasteiger partial charge in [0.2, 0.25) is 0 Å². The number of aliphatic hydroxyl groups excluding tert-OH is 4. The van der Waals surface area contributed by atoms with E-state index in [4.69, 9.17) is 0 Å². The second kappa shape index (κ2) is 15.2. The summed E-state index contributed by atoms with van der Waals surface area (Å²) in [6, 6.07) is 62.2. The molecule has 326 valence electrons. The minimum Gasteiger partial charge on any atom is -0.508 e. The summed E-state index contributed by atoms with van der Waals surface area (Å²) in [4.78, 5) is 0. The molecule has 0 spiro atoms. The minimum absolute atomic E-state index is 0.142. The molecule has 0 aliphatic rings. The number of phenols is 2. The van der Waals surface area contributed by atoms with Gasteiger partial charge < -0.3 is 30.6 Å². The van der Waals surface area contributed by atoms with Gasteiger partial charge in [-0.1, -0.05) is 140 Å². The van der Waals surface area contributed by atoms with Crippen molar-refractivity contribution in [2.75, 3.05) is 0 Å². The third-order valence-corrected chi connectivity index (χ3v) is 14.5. The molecule has 4 unspecified atom stereocenters. The summed E-state index contributed by atoms with van der Waals surface area (Å²) in [6.45, 7) is 0. The van der Waals surface area contributed by atoms with Crippen LogP contribution in [-0.4, -0.2) is 30.6 Å². The molecular weight excluding hydrogens is 841 g/mol. The van der Waals surface area contributed by atoms with Crippen LogP contribution in [0.15, 0.2) is 194 Å². The van der Waals surface area contributed by atoms with Crippen LogP contribution in [0, 0.1) is 0 Å². The van der Waals surface area contributed by atoms with E-state index in [1.807, 2.05) is 72.8 Å². The third-order valence-electron chi connectivity index (χ3n) is 14.5. The molecule has 13 rings (SSSR count). The van der Waals surface area contributed by atoms with Crippen molar-refractivity contribution in [3.63, 3.8) is 0 Å². The van der Waals surface area contributed by atoms with Crippen molar-refractivity contribution < 1.29 is 30.6 Å². The van der Waals surface area contributed by atoms with Crippen LogP contribution in [-0.2, 0) is 0 Å². The molecule has 0 aliphatic heterocycles. The summed E-state index contributed by atoms with van der Waals surface area (Å²) in [5.74, 6) is 0.284. The van der Waals surface area contributed by atoms with Gasteiger partial charge in [0.15, 0.2) is 0 Å². The second-order valence-corrected chi connectivity index (χ2v) is 18.3. The lowest BCUT2D eigenvalue weighted by molar-refractivity contribution is 0.215. The summed E-state index contributed by atoms with van der Waals surface area (Å²) < 4.78 is 0. The highest BCUT2D eigenvalue weighted by Crippen LogP contribution is 2.47. The van der Waals surface area contributed by atoms with Gasteiger partial charge in [0.1, 0.15) is 35.9 Å². The van der Waals surface area contributed by atoms with Crippen LogP contribution in [0.5, 0.6) is 11.5 Å². The van der Waals surface area contributed by atoms with E-state index in [2.05, 4.69) is 72.8 Å². The molecular formula is C62H42O6. The van der Waals surface area contributed by atoms with Crippen LogP contribution in [0.2, 0.25) is 0 Å². The number of fused-ring (bicyclic) bond motifs is 4. The summed E-state index contributed by atoms with van der Waals surface area (Å²) >= 11 is 0.